The van der Waals surface area contributed by atoms with E-state index in [9.17, 15) is 8.42 Å². The highest BCUT2D eigenvalue weighted by Gasteiger charge is 2.25. The van der Waals surface area contributed by atoms with E-state index in [0.29, 0.717) is 11.3 Å². The predicted molar refractivity (Wildman–Crippen MR) is 108 cm³/mol. The first-order valence-electron chi connectivity index (χ1n) is 9.22. The van der Waals surface area contributed by atoms with Gasteiger partial charge in [0.15, 0.2) is 11.6 Å². The fourth-order valence-electron chi connectivity index (χ4n) is 3.28. The molecule has 2 aromatic heterocycles. The van der Waals surface area contributed by atoms with Crippen molar-refractivity contribution in [2.45, 2.75) is 11.8 Å². The summed E-state index contributed by atoms with van der Waals surface area (Å²) >= 11 is 0. The van der Waals surface area contributed by atoms with Crippen molar-refractivity contribution >= 4 is 32.7 Å². The summed E-state index contributed by atoms with van der Waals surface area (Å²) in [7, 11) is -2.14. The van der Waals surface area contributed by atoms with Gasteiger partial charge in [-0.15, -0.1) is 0 Å². The second-order valence-corrected chi connectivity index (χ2v) is 8.44. The Morgan fingerprint density at radius 2 is 1.75 bits per heavy atom. The van der Waals surface area contributed by atoms with E-state index in [1.165, 1.54) is 17.1 Å². The van der Waals surface area contributed by atoms with E-state index < -0.39 is 10.0 Å². The zero-order valence-corrected chi connectivity index (χ0v) is 16.7. The highest BCUT2D eigenvalue weighted by Crippen LogP contribution is 2.28. The number of aryl methyl sites for hydroxylation is 1. The maximum atomic E-state index is 12.8. The van der Waals surface area contributed by atoms with Crippen LogP contribution in [0.1, 0.15) is 6.92 Å². The van der Waals surface area contributed by atoms with Crippen molar-refractivity contribution in [1.29, 1.82) is 0 Å². The van der Waals surface area contributed by atoms with Crippen LogP contribution in [0.3, 0.4) is 0 Å². The lowest BCUT2D eigenvalue weighted by Crippen LogP contribution is -2.46. The molecule has 28 heavy (non-hydrogen) atoms. The van der Waals surface area contributed by atoms with Gasteiger partial charge < -0.3 is 9.80 Å². The minimum absolute atomic E-state index is 0.0895. The SMILES string of the molecule is CCN1CCN(c2nc3ccccc3nc2NS(=O)(=O)c2cnn(C)c2)CC1. The number of hydrogen-bond donors (Lipinski definition) is 1. The molecule has 0 spiro atoms. The molecule has 1 aliphatic heterocycles. The van der Waals surface area contributed by atoms with E-state index in [4.69, 9.17) is 4.98 Å². The molecule has 0 amide bonds. The van der Waals surface area contributed by atoms with Crippen molar-refractivity contribution in [3.63, 3.8) is 0 Å². The van der Waals surface area contributed by atoms with E-state index in [1.54, 1.807) is 7.05 Å². The number of piperazine rings is 1. The fraction of sp³-hybridized carbons (Fsp3) is 0.389. The van der Waals surface area contributed by atoms with E-state index in [0.717, 1.165) is 38.2 Å². The topological polar surface area (TPSA) is 96.2 Å². The average Bonchev–Trinajstić information content (AvgIpc) is 3.15. The summed E-state index contributed by atoms with van der Waals surface area (Å²) in [6.45, 7) is 6.47. The van der Waals surface area contributed by atoms with Gasteiger partial charge in [0.05, 0.1) is 17.2 Å². The Morgan fingerprint density at radius 3 is 2.36 bits per heavy atom. The molecule has 0 unspecified atom stereocenters. The van der Waals surface area contributed by atoms with Gasteiger partial charge in [0.25, 0.3) is 10.0 Å². The third-order valence-corrected chi connectivity index (χ3v) is 6.19. The van der Waals surface area contributed by atoms with Crippen molar-refractivity contribution < 1.29 is 8.42 Å². The first-order valence-corrected chi connectivity index (χ1v) is 10.7. The van der Waals surface area contributed by atoms with Crippen molar-refractivity contribution in [3.8, 4) is 0 Å². The van der Waals surface area contributed by atoms with Gasteiger partial charge in [-0.2, -0.15) is 5.10 Å². The molecule has 0 bridgehead atoms. The van der Waals surface area contributed by atoms with Crippen LogP contribution in [0.25, 0.3) is 11.0 Å². The molecule has 1 aromatic carbocycles. The lowest BCUT2D eigenvalue weighted by Gasteiger charge is -2.35. The third-order valence-electron chi connectivity index (χ3n) is 4.89. The zero-order valence-electron chi connectivity index (χ0n) is 15.9. The molecule has 9 nitrogen and oxygen atoms in total. The minimum Gasteiger partial charge on any atom is -0.351 e. The molecule has 148 valence electrons. The Labute approximate surface area is 164 Å². The maximum Gasteiger partial charge on any atom is 0.266 e. The van der Waals surface area contributed by atoms with Gasteiger partial charge in [0, 0.05) is 39.4 Å². The average molecular weight is 401 g/mol. The Balaban J connectivity index is 1.73. The van der Waals surface area contributed by atoms with Crippen molar-refractivity contribution in [2.24, 2.45) is 7.05 Å². The number of nitrogens with zero attached hydrogens (tertiary/aromatic N) is 6. The van der Waals surface area contributed by atoms with E-state index >= 15 is 0 Å². The van der Waals surface area contributed by atoms with Crippen LogP contribution in [0.5, 0.6) is 0 Å². The summed E-state index contributed by atoms with van der Waals surface area (Å²) < 4.78 is 29.7. The zero-order chi connectivity index (χ0) is 19.7. The van der Waals surface area contributed by atoms with Gasteiger partial charge in [-0.05, 0) is 18.7 Å². The first-order chi connectivity index (χ1) is 13.5. The van der Waals surface area contributed by atoms with Gasteiger partial charge in [0.2, 0.25) is 0 Å². The molecule has 1 N–H and O–H groups in total. The number of para-hydroxylation sites is 2. The van der Waals surface area contributed by atoms with Crippen molar-refractivity contribution in [1.82, 2.24) is 24.6 Å². The number of aromatic nitrogens is 4. The molecular weight excluding hydrogens is 378 g/mol. The summed E-state index contributed by atoms with van der Waals surface area (Å²) in [6.07, 6.45) is 2.77. The third kappa shape index (κ3) is 3.65. The highest BCUT2D eigenvalue weighted by atomic mass is 32.2. The minimum atomic E-state index is -3.81. The van der Waals surface area contributed by atoms with Gasteiger partial charge in [-0.3, -0.25) is 9.40 Å². The molecule has 0 saturated carbocycles. The second-order valence-electron chi connectivity index (χ2n) is 6.76. The molecule has 4 rings (SSSR count). The standard InChI is InChI=1S/C18H23N7O2S/c1-3-24-8-10-25(11-9-24)18-17(20-15-6-4-5-7-16(15)21-18)22-28(26,27)14-12-19-23(2)13-14/h4-7,12-13H,3,8-11H2,1-2H3,(H,20,22). The Morgan fingerprint density at radius 1 is 1.07 bits per heavy atom. The molecule has 3 heterocycles. The summed E-state index contributed by atoms with van der Waals surface area (Å²) in [5.74, 6) is 0.800. The number of rotatable bonds is 5. The Bertz CT molecular complexity index is 1090. The lowest BCUT2D eigenvalue weighted by atomic mass is 10.3. The van der Waals surface area contributed by atoms with Gasteiger partial charge in [0.1, 0.15) is 4.90 Å². The van der Waals surface area contributed by atoms with Crippen LogP contribution in [-0.4, -0.2) is 65.8 Å². The summed E-state index contributed by atoms with van der Waals surface area (Å²) in [5.41, 5.74) is 1.38. The summed E-state index contributed by atoms with van der Waals surface area (Å²) in [6, 6.07) is 7.46. The van der Waals surface area contributed by atoms with Gasteiger partial charge >= 0.3 is 0 Å². The molecule has 3 aromatic rings. The van der Waals surface area contributed by atoms with Crippen LogP contribution in [0, 0.1) is 0 Å². The van der Waals surface area contributed by atoms with Crippen molar-refractivity contribution in [3.05, 3.63) is 36.7 Å². The largest absolute Gasteiger partial charge is 0.351 e. The molecule has 0 aliphatic carbocycles. The number of hydrogen-bond acceptors (Lipinski definition) is 7. The number of sulfonamides is 1. The van der Waals surface area contributed by atoms with Crippen LogP contribution >= 0.6 is 0 Å². The van der Waals surface area contributed by atoms with Crippen LogP contribution in [0.2, 0.25) is 0 Å². The second kappa shape index (κ2) is 7.36. The van der Waals surface area contributed by atoms with Crippen LogP contribution in [0.4, 0.5) is 11.6 Å². The van der Waals surface area contributed by atoms with E-state index in [-0.39, 0.29) is 10.7 Å². The lowest BCUT2D eigenvalue weighted by molar-refractivity contribution is 0.270. The molecule has 1 saturated heterocycles. The number of fused-ring (bicyclic) bond motifs is 1. The molecule has 0 atom stereocenters. The van der Waals surface area contributed by atoms with E-state index in [1.807, 2.05) is 24.3 Å². The smallest absolute Gasteiger partial charge is 0.266 e. The summed E-state index contributed by atoms with van der Waals surface area (Å²) in [5, 5.41) is 3.95. The monoisotopic (exact) mass is 401 g/mol. The molecule has 1 aliphatic rings. The molecular formula is C18H23N7O2S. The number of anilines is 2. The number of likely N-dealkylation sites (N-methyl/N-ethyl adjacent to an activating group) is 1. The Hall–Kier alpha value is -2.72. The van der Waals surface area contributed by atoms with E-state index in [2.05, 4.69) is 31.5 Å². The number of nitrogens with one attached hydrogen (secondary N) is 1. The molecule has 0 radical (unpaired) electrons. The van der Waals surface area contributed by atoms with Crippen LogP contribution in [-0.2, 0) is 17.1 Å². The quantitative estimate of drug-likeness (QED) is 0.688. The maximum absolute atomic E-state index is 12.8. The number of benzene rings is 1. The first kappa shape index (κ1) is 18.6. The van der Waals surface area contributed by atoms with Crippen LogP contribution in [0.15, 0.2) is 41.6 Å². The molecule has 1 fully saturated rings. The molecule has 10 heteroatoms. The normalized spacial score (nSPS) is 15.9. The van der Waals surface area contributed by atoms with Crippen LogP contribution < -0.4 is 9.62 Å². The predicted octanol–water partition coefficient (Wildman–Crippen LogP) is 1.31. The highest BCUT2D eigenvalue weighted by molar-refractivity contribution is 7.92. The van der Waals surface area contributed by atoms with Crippen molar-refractivity contribution in [2.75, 3.05) is 42.3 Å². The fourth-order valence-corrected chi connectivity index (χ4v) is 4.27. The van der Waals surface area contributed by atoms with Gasteiger partial charge in [-0.25, -0.2) is 18.4 Å². The Kier molecular flexibility index (Phi) is 4.90. The summed E-state index contributed by atoms with van der Waals surface area (Å²) in [4.78, 5) is 13.8. The van der Waals surface area contributed by atoms with Gasteiger partial charge in [-0.1, -0.05) is 19.1 Å².